The van der Waals surface area contributed by atoms with Gasteiger partial charge in [-0.2, -0.15) is 0 Å². The number of carbonyl (C=O) groups excluding carboxylic acids is 1. The second kappa shape index (κ2) is 5.75. The first-order chi connectivity index (χ1) is 8.66. The van der Waals surface area contributed by atoms with Crippen LogP contribution in [0, 0.1) is 6.92 Å². The van der Waals surface area contributed by atoms with Crippen molar-refractivity contribution in [2.75, 3.05) is 0 Å². The van der Waals surface area contributed by atoms with E-state index in [1.54, 1.807) is 17.4 Å². The third kappa shape index (κ3) is 3.15. The van der Waals surface area contributed by atoms with E-state index in [2.05, 4.69) is 10.3 Å². The zero-order valence-electron chi connectivity index (χ0n) is 10.1. The summed E-state index contributed by atoms with van der Waals surface area (Å²) in [5, 5.41) is 4.35. The van der Waals surface area contributed by atoms with Crippen LogP contribution in [0.2, 0.25) is 0 Å². The predicted octanol–water partition coefficient (Wildman–Crippen LogP) is 1.84. The third-order valence-corrected chi connectivity index (χ3v) is 3.48. The van der Waals surface area contributed by atoms with E-state index < -0.39 is 0 Å². The largest absolute Gasteiger partial charge is 0.366 e. The molecular formula is C13H15N3OS. The van der Waals surface area contributed by atoms with Crippen LogP contribution >= 0.6 is 11.3 Å². The second-order valence-corrected chi connectivity index (χ2v) is 5.29. The smallest absolute Gasteiger partial charge is 0.249 e. The van der Waals surface area contributed by atoms with Crippen LogP contribution in [0.5, 0.6) is 0 Å². The summed E-state index contributed by atoms with van der Waals surface area (Å²) in [4.78, 5) is 16.6. The molecule has 1 amide bonds. The lowest BCUT2D eigenvalue weighted by atomic mass is 10.1. The third-order valence-electron chi connectivity index (χ3n) is 2.57. The number of aryl methyl sites for hydroxylation is 1. The summed E-state index contributed by atoms with van der Waals surface area (Å²) in [6.45, 7) is 3.35. The molecule has 2 rings (SSSR count). The number of nitrogens with one attached hydrogen (secondary N) is 1. The van der Waals surface area contributed by atoms with Gasteiger partial charge in [-0.25, -0.2) is 4.98 Å². The monoisotopic (exact) mass is 261 g/mol. The van der Waals surface area contributed by atoms with E-state index in [4.69, 9.17) is 5.73 Å². The lowest BCUT2D eigenvalue weighted by Crippen LogP contribution is -2.18. The van der Waals surface area contributed by atoms with Crippen molar-refractivity contribution in [2.45, 2.75) is 20.0 Å². The number of nitrogens with zero attached hydrogens (tertiary/aromatic N) is 1. The number of hydrogen-bond acceptors (Lipinski definition) is 4. The van der Waals surface area contributed by atoms with Gasteiger partial charge in [-0.1, -0.05) is 18.2 Å². The van der Waals surface area contributed by atoms with Gasteiger partial charge < -0.3 is 11.1 Å². The highest BCUT2D eigenvalue weighted by Gasteiger charge is 2.06. The van der Waals surface area contributed by atoms with E-state index >= 15 is 0 Å². The van der Waals surface area contributed by atoms with Crippen molar-refractivity contribution in [3.05, 3.63) is 51.5 Å². The van der Waals surface area contributed by atoms with Gasteiger partial charge in [0, 0.05) is 29.7 Å². The van der Waals surface area contributed by atoms with E-state index in [1.165, 1.54) is 4.88 Å². The number of aromatic nitrogens is 1. The van der Waals surface area contributed by atoms with Crippen LogP contribution in [0.25, 0.3) is 0 Å². The zero-order chi connectivity index (χ0) is 13.0. The number of rotatable bonds is 5. The van der Waals surface area contributed by atoms with Crippen molar-refractivity contribution in [3.8, 4) is 0 Å². The van der Waals surface area contributed by atoms with Crippen molar-refractivity contribution in [3.63, 3.8) is 0 Å². The summed E-state index contributed by atoms with van der Waals surface area (Å²) >= 11 is 1.67. The van der Waals surface area contributed by atoms with Gasteiger partial charge in [0.2, 0.25) is 5.91 Å². The topological polar surface area (TPSA) is 68.0 Å². The zero-order valence-corrected chi connectivity index (χ0v) is 11.0. The highest BCUT2D eigenvalue weighted by molar-refractivity contribution is 7.11. The van der Waals surface area contributed by atoms with Gasteiger partial charge in [0.1, 0.15) is 0 Å². The van der Waals surface area contributed by atoms with Gasteiger partial charge in [0.25, 0.3) is 0 Å². The highest BCUT2D eigenvalue weighted by Crippen LogP contribution is 2.12. The molecular weight excluding hydrogens is 246 g/mol. The maximum absolute atomic E-state index is 11.2. The first-order valence-corrected chi connectivity index (χ1v) is 6.48. The summed E-state index contributed by atoms with van der Waals surface area (Å²) in [6, 6.07) is 7.37. The number of benzene rings is 1. The normalized spacial score (nSPS) is 10.5. The minimum atomic E-state index is -0.388. The number of nitrogens with two attached hydrogens (primary N) is 1. The van der Waals surface area contributed by atoms with Crippen LogP contribution in [-0.4, -0.2) is 10.9 Å². The van der Waals surface area contributed by atoms with E-state index in [9.17, 15) is 4.79 Å². The van der Waals surface area contributed by atoms with Gasteiger partial charge in [0.05, 0.1) is 5.01 Å². The Morgan fingerprint density at radius 1 is 1.39 bits per heavy atom. The standard InChI is InChI=1S/C13H15N3OS/c1-9-16-8-11(18-9)7-15-6-10-4-2-3-5-12(10)13(14)17/h2-5,8,15H,6-7H2,1H3,(H2,14,17). The molecule has 1 aromatic carbocycles. The fraction of sp³-hybridized carbons (Fsp3) is 0.231. The van der Waals surface area contributed by atoms with Crippen LogP contribution in [0.15, 0.2) is 30.5 Å². The predicted molar refractivity (Wildman–Crippen MR) is 72.4 cm³/mol. The van der Waals surface area contributed by atoms with Gasteiger partial charge >= 0.3 is 0 Å². The first-order valence-electron chi connectivity index (χ1n) is 5.66. The lowest BCUT2D eigenvalue weighted by molar-refractivity contribution is 0.0999. The first kappa shape index (κ1) is 12.7. The average molecular weight is 261 g/mol. The Morgan fingerprint density at radius 2 is 2.17 bits per heavy atom. The molecule has 3 N–H and O–H groups in total. The molecule has 1 heterocycles. The molecule has 0 radical (unpaired) electrons. The van der Waals surface area contributed by atoms with Gasteiger partial charge in [-0.3, -0.25) is 4.79 Å². The fourth-order valence-corrected chi connectivity index (χ4v) is 2.49. The molecule has 18 heavy (non-hydrogen) atoms. The molecule has 0 aliphatic heterocycles. The van der Waals surface area contributed by atoms with E-state index in [-0.39, 0.29) is 5.91 Å². The van der Waals surface area contributed by atoms with Gasteiger partial charge in [-0.15, -0.1) is 11.3 Å². The molecule has 5 heteroatoms. The van der Waals surface area contributed by atoms with Crippen LogP contribution in [0.3, 0.4) is 0 Å². The lowest BCUT2D eigenvalue weighted by Gasteiger charge is -2.07. The van der Waals surface area contributed by atoms with Crippen LogP contribution < -0.4 is 11.1 Å². The van der Waals surface area contributed by atoms with Crippen molar-refractivity contribution in [1.82, 2.24) is 10.3 Å². The Morgan fingerprint density at radius 3 is 2.83 bits per heavy atom. The van der Waals surface area contributed by atoms with E-state index in [1.807, 2.05) is 31.3 Å². The van der Waals surface area contributed by atoms with Gasteiger partial charge in [-0.05, 0) is 18.6 Å². The average Bonchev–Trinajstić information content (AvgIpc) is 2.75. The molecule has 0 fully saturated rings. The van der Waals surface area contributed by atoms with E-state index in [0.717, 1.165) is 17.1 Å². The molecule has 1 aromatic heterocycles. The summed E-state index contributed by atoms with van der Waals surface area (Å²) in [5.74, 6) is -0.388. The SMILES string of the molecule is Cc1ncc(CNCc2ccccc2C(N)=O)s1. The fourth-order valence-electron chi connectivity index (χ4n) is 1.72. The molecule has 94 valence electrons. The molecule has 0 bridgehead atoms. The maximum atomic E-state index is 11.2. The maximum Gasteiger partial charge on any atom is 0.249 e. The Labute approximate surface area is 110 Å². The van der Waals surface area contributed by atoms with Gasteiger partial charge in [0.15, 0.2) is 0 Å². The summed E-state index contributed by atoms with van der Waals surface area (Å²) in [7, 11) is 0. The van der Waals surface area contributed by atoms with Crippen molar-refractivity contribution < 1.29 is 4.79 Å². The quantitative estimate of drug-likeness (QED) is 0.863. The van der Waals surface area contributed by atoms with Crippen LogP contribution in [0.1, 0.15) is 25.8 Å². The van der Waals surface area contributed by atoms with Crippen molar-refractivity contribution >= 4 is 17.2 Å². The van der Waals surface area contributed by atoms with Crippen LogP contribution in [0.4, 0.5) is 0 Å². The summed E-state index contributed by atoms with van der Waals surface area (Å²) < 4.78 is 0. The molecule has 0 spiro atoms. The molecule has 0 saturated heterocycles. The molecule has 4 nitrogen and oxygen atoms in total. The second-order valence-electron chi connectivity index (χ2n) is 3.97. The molecule has 2 aromatic rings. The highest BCUT2D eigenvalue weighted by atomic mass is 32.1. The number of primary amides is 1. The summed E-state index contributed by atoms with van der Waals surface area (Å²) in [6.07, 6.45) is 1.87. The molecule has 0 aliphatic rings. The minimum Gasteiger partial charge on any atom is -0.366 e. The Hall–Kier alpha value is -1.72. The van der Waals surface area contributed by atoms with Crippen molar-refractivity contribution in [1.29, 1.82) is 0 Å². The van der Waals surface area contributed by atoms with Crippen LogP contribution in [-0.2, 0) is 13.1 Å². The molecule has 0 aliphatic carbocycles. The Balaban J connectivity index is 1.96. The molecule has 0 saturated carbocycles. The Bertz CT molecular complexity index is 551. The number of hydrogen-bond donors (Lipinski definition) is 2. The number of thiazole rings is 1. The van der Waals surface area contributed by atoms with Crippen molar-refractivity contribution in [2.24, 2.45) is 5.73 Å². The summed E-state index contributed by atoms with van der Waals surface area (Å²) in [5.41, 5.74) is 6.82. The Kier molecular flexibility index (Phi) is 4.07. The minimum absolute atomic E-state index is 0.388. The molecule has 0 atom stereocenters. The molecule has 0 unspecified atom stereocenters. The van der Waals surface area contributed by atoms with E-state index in [0.29, 0.717) is 12.1 Å². The number of amides is 1. The number of carbonyl (C=O) groups is 1.